The molecule has 0 aromatic carbocycles. The Morgan fingerprint density at radius 1 is 1.25 bits per heavy atom. The molecule has 0 saturated heterocycles. The predicted molar refractivity (Wildman–Crippen MR) is 63.5 cm³/mol. The molecule has 0 aliphatic rings. The summed E-state index contributed by atoms with van der Waals surface area (Å²) in [7, 11) is 0. The first-order valence-corrected chi connectivity index (χ1v) is 5.67. The normalized spacial score (nSPS) is 10.1. The van der Waals surface area contributed by atoms with E-state index in [0.717, 1.165) is 25.9 Å². The van der Waals surface area contributed by atoms with Crippen LogP contribution < -0.4 is 5.56 Å². The number of amides is 1. The van der Waals surface area contributed by atoms with Gasteiger partial charge in [0.2, 0.25) is 5.56 Å². The number of hydrogen-bond acceptors (Lipinski definition) is 2. The third-order valence-electron chi connectivity index (χ3n) is 2.31. The summed E-state index contributed by atoms with van der Waals surface area (Å²) in [5.41, 5.74) is 0.357. The van der Waals surface area contributed by atoms with Gasteiger partial charge in [0.05, 0.1) is 5.56 Å². The van der Waals surface area contributed by atoms with Gasteiger partial charge in [-0.25, -0.2) is 0 Å². The van der Waals surface area contributed by atoms with Gasteiger partial charge in [-0.15, -0.1) is 0 Å². The molecule has 4 nitrogen and oxygen atoms in total. The number of nitrogens with zero attached hydrogens (tertiary/aromatic N) is 1. The zero-order chi connectivity index (χ0) is 12.0. The van der Waals surface area contributed by atoms with Crippen molar-refractivity contribution in [2.75, 3.05) is 13.1 Å². The number of H-pyrrole nitrogens is 1. The van der Waals surface area contributed by atoms with Crippen molar-refractivity contribution in [2.24, 2.45) is 0 Å². The minimum absolute atomic E-state index is 0.0139. The average molecular weight is 222 g/mol. The highest BCUT2D eigenvalue weighted by Gasteiger charge is 2.13. The Hall–Kier alpha value is -1.58. The van der Waals surface area contributed by atoms with E-state index >= 15 is 0 Å². The van der Waals surface area contributed by atoms with Crippen LogP contribution >= 0.6 is 0 Å². The van der Waals surface area contributed by atoms with E-state index < -0.39 is 0 Å². The second-order valence-electron chi connectivity index (χ2n) is 3.73. The van der Waals surface area contributed by atoms with Gasteiger partial charge in [-0.3, -0.25) is 9.59 Å². The van der Waals surface area contributed by atoms with Gasteiger partial charge in [-0.2, -0.15) is 0 Å². The van der Waals surface area contributed by atoms with Crippen LogP contribution in [0.5, 0.6) is 0 Å². The fourth-order valence-electron chi connectivity index (χ4n) is 1.58. The Labute approximate surface area is 95.3 Å². The molecule has 0 unspecified atom stereocenters. The van der Waals surface area contributed by atoms with Gasteiger partial charge in [-0.05, 0) is 18.9 Å². The molecule has 0 bridgehead atoms. The SMILES string of the molecule is CCCN(CCC)C(=O)c1ccc(=O)[nH]c1. The molecule has 1 N–H and O–H groups in total. The molecule has 0 atom stereocenters. The molecule has 88 valence electrons. The summed E-state index contributed by atoms with van der Waals surface area (Å²) in [6.45, 7) is 5.60. The van der Waals surface area contributed by atoms with Crippen LogP contribution in [0.2, 0.25) is 0 Å². The number of pyridine rings is 1. The molecule has 16 heavy (non-hydrogen) atoms. The van der Waals surface area contributed by atoms with E-state index in [1.807, 2.05) is 18.7 Å². The number of aromatic nitrogens is 1. The summed E-state index contributed by atoms with van der Waals surface area (Å²) in [4.78, 5) is 27.3. The number of hydrogen-bond donors (Lipinski definition) is 1. The number of rotatable bonds is 5. The van der Waals surface area contributed by atoms with Crippen molar-refractivity contribution in [2.45, 2.75) is 26.7 Å². The highest BCUT2D eigenvalue weighted by molar-refractivity contribution is 5.93. The molecule has 1 amide bonds. The Balaban J connectivity index is 2.81. The summed E-state index contributed by atoms with van der Waals surface area (Å²) < 4.78 is 0. The maximum Gasteiger partial charge on any atom is 0.255 e. The van der Waals surface area contributed by atoms with E-state index in [0.29, 0.717) is 5.56 Å². The van der Waals surface area contributed by atoms with Crippen LogP contribution in [-0.4, -0.2) is 28.9 Å². The van der Waals surface area contributed by atoms with E-state index in [1.165, 1.54) is 12.3 Å². The van der Waals surface area contributed by atoms with Crippen molar-refractivity contribution in [1.82, 2.24) is 9.88 Å². The van der Waals surface area contributed by atoms with Gasteiger partial charge >= 0.3 is 0 Å². The summed E-state index contributed by atoms with van der Waals surface area (Å²) in [5.74, 6) is -0.0139. The summed E-state index contributed by atoms with van der Waals surface area (Å²) >= 11 is 0. The van der Waals surface area contributed by atoms with E-state index in [9.17, 15) is 9.59 Å². The lowest BCUT2D eigenvalue weighted by atomic mass is 10.2. The fourth-order valence-corrected chi connectivity index (χ4v) is 1.58. The van der Waals surface area contributed by atoms with Gasteiger partial charge in [0.25, 0.3) is 5.91 Å². The Kier molecular flexibility index (Phi) is 4.76. The second-order valence-corrected chi connectivity index (χ2v) is 3.73. The molecule has 0 radical (unpaired) electrons. The molecule has 0 fully saturated rings. The Morgan fingerprint density at radius 2 is 1.88 bits per heavy atom. The van der Waals surface area contributed by atoms with Crippen LogP contribution in [0.3, 0.4) is 0 Å². The molecule has 1 aromatic heterocycles. The topological polar surface area (TPSA) is 53.2 Å². The molecular formula is C12H18N2O2. The minimum atomic E-state index is -0.186. The molecule has 1 heterocycles. The van der Waals surface area contributed by atoms with Crippen LogP contribution in [0.15, 0.2) is 23.1 Å². The van der Waals surface area contributed by atoms with E-state index in [-0.39, 0.29) is 11.5 Å². The van der Waals surface area contributed by atoms with Crippen LogP contribution in [-0.2, 0) is 0 Å². The zero-order valence-electron chi connectivity index (χ0n) is 9.82. The van der Waals surface area contributed by atoms with Crippen molar-refractivity contribution < 1.29 is 4.79 Å². The third kappa shape index (κ3) is 3.22. The maximum atomic E-state index is 12.0. The van der Waals surface area contributed by atoms with Crippen LogP contribution in [0.25, 0.3) is 0 Å². The number of carbonyl (C=O) groups excluding carboxylic acids is 1. The first-order valence-electron chi connectivity index (χ1n) is 5.67. The highest BCUT2D eigenvalue weighted by atomic mass is 16.2. The minimum Gasteiger partial charge on any atom is -0.339 e. The predicted octanol–water partition coefficient (Wildman–Crippen LogP) is 1.64. The summed E-state index contributed by atoms with van der Waals surface area (Å²) in [6.07, 6.45) is 3.35. The molecule has 0 aliphatic carbocycles. The first kappa shape index (κ1) is 12.5. The van der Waals surface area contributed by atoms with Crippen molar-refractivity contribution in [3.05, 3.63) is 34.2 Å². The zero-order valence-corrected chi connectivity index (χ0v) is 9.82. The van der Waals surface area contributed by atoms with Crippen LogP contribution in [0, 0.1) is 0 Å². The molecule has 1 aromatic rings. The smallest absolute Gasteiger partial charge is 0.255 e. The van der Waals surface area contributed by atoms with Gasteiger partial charge in [0, 0.05) is 25.4 Å². The molecule has 4 heteroatoms. The molecule has 0 aliphatic heterocycles. The third-order valence-corrected chi connectivity index (χ3v) is 2.31. The van der Waals surface area contributed by atoms with Gasteiger partial charge in [-0.1, -0.05) is 13.8 Å². The maximum absolute atomic E-state index is 12.0. The average Bonchev–Trinajstić information content (AvgIpc) is 2.29. The molecule has 0 spiro atoms. The van der Waals surface area contributed by atoms with Crippen molar-refractivity contribution in [3.8, 4) is 0 Å². The van der Waals surface area contributed by atoms with Crippen molar-refractivity contribution in [1.29, 1.82) is 0 Å². The number of carbonyl (C=O) groups is 1. The Morgan fingerprint density at radius 3 is 2.31 bits per heavy atom. The van der Waals surface area contributed by atoms with E-state index in [4.69, 9.17) is 0 Å². The van der Waals surface area contributed by atoms with Gasteiger partial charge in [0.1, 0.15) is 0 Å². The van der Waals surface area contributed by atoms with Crippen molar-refractivity contribution >= 4 is 5.91 Å². The standard InChI is InChI=1S/C12H18N2O2/c1-3-7-14(8-4-2)12(16)10-5-6-11(15)13-9-10/h5-6,9H,3-4,7-8H2,1-2H3,(H,13,15). The first-order chi connectivity index (χ1) is 7.69. The van der Waals surface area contributed by atoms with E-state index in [1.54, 1.807) is 6.07 Å². The summed E-state index contributed by atoms with van der Waals surface area (Å²) in [5, 5.41) is 0. The largest absolute Gasteiger partial charge is 0.339 e. The molecule has 0 saturated carbocycles. The van der Waals surface area contributed by atoms with Crippen LogP contribution in [0.1, 0.15) is 37.0 Å². The fraction of sp³-hybridized carbons (Fsp3) is 0.500. The van der Waals surface area contributed by atoms with Gasteiger partial charge in [0.15, 0.2) is 0 Å². The van der Waals surface area contributed by atoms with Gasteiger partial charge < -0.3 is 9.88 Å². The number of nitrogens with one attached hydrogen (secondary N) is 1. The lowest BCUT2D eigenvalue weighted by Crippen LogP contribution is -2.32. The van der Waals surface area contributed by atoms with E-state index in [2.05, 4.69) is 4.98 Å². The summed E-state index contributed by atoms with van der Waals surface area (Å²) in [6, 6.07) is 2.95. The van der Waals surface area contributed by atoms with Crippen molar-refractivity contribution in [3.63, 3.8) is 0 Å². The molecule has 1 rings (SSSR count). The lowest BCUT2D eigenvalue weighted by molar-refractivity contribution is 0.0755. The quantitative estimate of drug-likeness (QED) is 0.823. The highest BCUT2D eigenvalue weighted by Crippen LogP contribution is 2.03. The monoisotopic (exact) mass is 222 g/mol. The Bertz CT molecular complexity index is 372. The second kappa shape index (κ2) is 6.10. The number of aromatic amines is 1. The lowest BCUT2D eigenvalue weighted by Gasteiger charge is -2.21. The molecular weight excluding hydrogens is 204 g/mol. The van der Waals surface area contributed by atoms with Crippen LogP contribution in [0.4, 0.5) is 0 Å².